The van der Waals surface area contributed by atoms with Crippen LogP contribution in [0.3, 0.4) is 0 Å². The predicted octanol–water partition coefficient (Wildman–Crippen LogP) is 1.65. The second kappa shape index (κ2) is 2.32. The molecule has 0 aliphatic heterocycles. The smallest absolute Gasteiger partial charge is 0.310 e. The molecule has 0 saturated heterocycles. The van der Waals surface area contributed by atoms with Crippen LogP contribution in [0.1, 0.15) is 40.0 Å². The van der Waals surface area contributed by atoms with Crippen LogP contribution in [0.4, 0.5) is 0 Å². The molecule has 0 heterocycles. The molecular formula is C11H18O3. The molecule has 14 heavy (non-hydrogen) atoms. The van der Waals surface area contributed by atoms with E-state index >= 15 is 0 Å². The van der Waals surface area contributed by atoms with Crippen LogP contribution >= 0.6 is 0 Å². The molecule has 0 aromatic carbocycles. The second-order valence-electron chi connectivity index (χ2n) is 5.60. The average Bonchev–Trinajstić information content (AvgIpc) is 2.52. The lowest BCUT2D eigenvalue weighted by Crippen LogP contribution is -2.53. The van der Waals surface area contributed by atoms with E-state index in [1.165, 1.54) is 0 Å². The van der Waals surface area contributed by atoms with Crippen molar-refractivity contribution in [2.75, 3.05) is 0 Å². The van der Waals surface area contributed by atoms with E-state index in [1.807, 2.05) is 13.8 Å². The van der Waals surface area contributed by atoms with Crippen LogP contribution < -0.4 is 0 Å². The molecule has 0 radical (unpaired) electrons. The molecule has 3 unspecified atom stereocenters. The van der Waals surface area contributed by atoms with Crippen LogP contribution in [-0.4, -0.2) is 21.8 Å². The van der Waals surface area contributed by atoms with E-state index in [0.29, 0.717) is 6.42 Å². The van der Waals surface area contributed by atoms with Gasteiger partial charge >= 0.3 is 5.97 Å². The van der Waals surface area contributed by atoms with E-state index in [9.17, 15) is 15.0 Å². The number of carbonyl (C=O) groups is 1. The number of hydrogen-bond acceptors (Lipinski definition) is 2. The van der Waals surface area contributed by atoms with E-state index in [-0.39, 0.29) is 5.92 Å². The summed E-state index contributed by atoms with van der Waals surface area (Å²) in [5, 5.41) is 19.7. The van der Waals surface area contributed by atoms with Gasteiger partial charge < -0.3 is 10.2 Å². The minimum atomic E-state index is -0.830. The first kappa shape index (κ1) is 9.97. The maximum Gasteiger partial charge on any atom is 0.310 e. The van der Waals surface area contributed by atoms with Crippen molar-refractivity contribution in [1.82, 2.24) is 0 Å². The highest BCUT2D eigenvalue weighted by molar-refractivity contribution is 5.77. The van der Waals surface area contributed by atoms with Crippen molar-refractivity contribution in [2.45, 2.75) is 45.6 Å². The molecule has 0 aromatic heterocycles. The van der Waals surface area contributed by atoms with Gasteiger partial charge in [-0.05, 0) is 32.1 Å². The maximum absolute atomic E-state index is 11.4. The molecule has 0 spiro atoms. The summed E-state index contributed by atoms with van der Waals surface area (Å²) in [5.74, 6) is -0.573. The molecule has 3 nitrogen and oxygen atoms in total. The average molecular weight is 198 g/mol. The molecule has 2 bridgehead atoms. The van der Waals surface area contributed by atoms with Gasteiger partial charge in [-0.1, -0.05) is 13.8 Å². The first-order valence-electron chi connectivity index (χ1n) is 5.21. The predicted molar refractivity (Wildman–Crippen MR) is 51.8 cm³/mol. The minimum Gasteiger partial charge on any atom is -0.481 e. The Morgan fingerprint density at radius 1 is 1.36 bits per heavy atom. The summed E-state index contributed by atoms with van der Waals surface area (Å²) >= 11 is 0. The van der Waals surface area contributed by atoms with E-state index < -0.39 is 22.4 Å². The van der Waals surface area contributed by atoms with Crippen LogP contribution in [0.5, 0.6) is 0 Å². The zero-order valence-electron chi connectivity index (χ0n) is 9.00. The third-order valence-corrected chi connectivity index (χ3v) is 5.18. The van der Waals surface area contributed by atoms with Gasteiger partial charge in [0.25, 0.3) is 0 Å². The molecule has 80 valence electrons. The van der Waals surface area contributed by atoms with Crippen molar-refractivity contribution >= 4 is 5.97 Å². The molecule has 0 amide bonds. The van der Waals surface area contributed by atoms with Crippen molar-refractivity contribution in [3.05, 3.63) is 0 Å². The van der Waals surface area contributed by atoms with Gasteiger partial charge in [0.15, 0.2) is 0 Å². The molecule has 2 saturated carbocycles. The fraction of sp³-hybridized carbons (Fsp3) is 0.909. The molecular weight excluding hydrogens is 180 g/mol. The van der Waals surface area contributed by atoms with Crippen LogP contribution in [0, 0.1) is 16.7 Å². The van der Waals surface area contributed by atoms with E-state index in [2.05, 4.69) is 0 Å². The Balaban J connectivity index is 2.52. The summed E-state index contributed by atoms with van der Waals surface area (Å²) in [5.41, 5.74) is -2.04. The monoisotopic (exact) mass is 198 g/mol. The standard InChI is InChI=1S/C11H18O3/c1-9(2)10(3,14)7-4-5-11(9,6-7)8(12)13/h7,14H,4-6H2,1-3H3,(H,12,13). The van der Waals surface area contributed by atoms with Crippen molar-refractivity contribution < 1.29 is 15.0 Å². The molecule has 2 aliphatic carbocycles. The summed E-state index contributed by atoms with van der Waals surface area (Å²) in [4.78, 5) is 11.4. The Morgan fingerprint density at radius 2 is 1.93 bits per heavy atom. The Kier molecular flexibility index (Phi) is 1.65. The second-order valence-corrected chi connectivity index (χ2v) is 5.60. The number of fused-ring (bicyclic) bond motifs is 2. The van der Waals surface area contributed by atoms with Gasteiger partial charge in [-0.25, -0.2) is 0 Å². The fourth-order valence-electron chi connectivity index (χ4n) is 3.55. The highest BCUT2D eigenvalue weighted by Gasteiger charge is 2.71. The number of hydrogen-bond donors (Lipinski definition) is 2. The van der Waals surface area contributed by atoms with Crippen molar-refractivity contribution in [3.63, 3.8) is 0 Å². The number of rotatable bonds is 1. The van der Waals surface area contributed by atoms with Gasteiger partial charge in [0, 0.05) is 5.41 Å². The Labute approximate surface area is 84.1 Å². The summed E-state index contributed by atoms with van der Waals surface area (Å²) in [6.45, 7) is 5.57. The summed E-state index contributed by atoms with van der Waals surface area (Å²) in [6, 6.07) is 0. The van der Waals surface area contributed by atoms with Crippen LogP contribution in [0.15, 0.2) is 0 Å². The number of carboxylic acid groups (broad SMARTS) is 1. The fourth-order valence-corrected chi connectivity index (χ4v) is 3.55. The normalized spacial score (nSPS) is 49.6. The Hall–Kier alpha value is -0.570. The van der Waals surface area contributed by atoms with Gasteiger partial charge in [-0.3, -0.25) is 4.79 Å². The lowest BCUT2D eigenvalue weighted by atomic mass is 9.59. The van der Waals surface area contributed by atoms with E-state index in [4.69, 9.17) is 0 Å². The highest BCUT2D eigenvalue weighted by atomic mass is 16.4. The molecule has 3 heteroatoms. The van der Waals surface area contributed by atoms with Gasteiger partial charge in [-0.2, -0.15) is 0 Å². The van der Waals surface area contributed by atoms with Gasteiger partial charge in [0.1, 0.15) is 0 Å². The van der Waals surface area contributed by atoms with Crippen LogP contribution in [-0.2, 0) is 4.79 Å². The van der Waals surface area contributed by atoms with Gasteiger partial charge in [0.2, 0.25) is 0 Å². The third kappa shape index (κ3) is 0.761. The number of aliphatic carboxylic acids is 1. The lowest BCUT2D eigenvalue weighted by Gasteiger charge is -2.47. The van der Waals surface area contributed by atoms with E-state index in [1.54, 1.807) is 6.92 Å². The van der Waals surface area contributed by atoms with Crippen molar-refractivity contribution in [2.24, 2.45) is 16.7 Å². The zero-order valence-corrected chi connectivity index (χ0v) is 9.00. The van der Waals surface area contributed by atoms with Crippen molar-refractivity contribution in [3.8, 4) is 0 Å². The van der Waals surface area contributed by atoms with Gasteiger partial charge in [-0.15, -0.1) is 0 Å². The summed E-state index contributed by atoms with van der Waals surface area (Å²) in [7, 11) is 0. The quantitative estimate of drug-likeness (QED) is 0.673. The van der Waals surface area contributed by atoms with Crippen LogP contribution in [0.25, 0.3) is 0 Å². The third-order valence-electron chi connectivity index (χ3n) is 5.18. The number of aliphatic hydroxyl groups is 1. The van der Waals surface area contributed by atoms with E-state index in [0.717, 1.165) is 12.8 Å². The number of carboxylic acids is 1. The molecule has 2 aliphatic rings. The largest absolute Gasteiger partial charge is 0.481 e. The Morgan fingerprint density at radius 3 is 2.21 bits per heavy atom. The highest BCUT2D eigenvalue weighted by Crippen LogP contribution is 2.68. The lowest BCUT2D eigenvalue weighted by molar-refractivity contribution is -0.170. The van der Waals surface area contributed by atoms with Crippen molar-refractivity contribution in [1.29, 1.82) is 0 Å². The van der Waals surface area contributed by atoms with Crippen LogP contribution in [0.2, 0.25) is 0 Å². The topological polar surface area (TPSA) is 57.5 Å². The summed E-state index contributed by atoms with van der Waals surface area (Å²) < 4.78 is 0. The SMILES string of the molecule is CC1(O)C2CCC(C(=O)O)(C2)C1(C)C. The molecule has 2 rings (SSSR count). The zero-order chi connectivity index (χ0) is 10.8. The summed E-state index contributed by atoms with van der Waals surface area (Å²) in [6.07, 6.45) is 2.21. The maximum atomic E-state index is 11.4. The first-order chi connectivity index (χ1) is 6.26. The molecule has 3 atom stereocenters. The molecule has 2 N–H and O–H groups in total. The molecule has 0 aromatic rings. The van der Waals surface area contributed by atoms with Gasteiger partial charge in [0.05, 0.1) is 11.0 Å². The Bertz CT molecular complexity index is 293. The minimum absolute atomic E-state index is 0.161. The first-order valence-corrected chi connectivity index (χ1v) is 5.21. The molecule has 2 fully saturated rings.